The first-order valence-electron chi connectivity index (χ1n) is 7.61. The zero-order chi connectivity index (χ0) is 19.1. The van der Waals surface area contributed by atoms with Crippen molar-refractivity contribution in [2.75, 3.05) is 19.0 Å². The van der Waals surface area contributed by atoms with Crippen LogP contribution in [0.25, 0.3) is 0 Å². The molecule has 0 heterocycles. The molecule has 0 bridgehead atoms. The maximum atomic E-state index is 12.0. The van der Waals surface area contributed by atoms with E-state index in [0.717, 1.165) is 0 Å². The molecule has 138 valence electrons. The molecule has 0 radical (unpaired) electrons. The summed E-state index contributed by atoms with van der Waals surface area (Å²) in [6.45, 7) is 1.05. The van der Waals surface area contributed by atoms with E-state index in [2.05, 4.69) is 5.32 Å². The average molecular weight is 398 g/mol. The molecule has 0 aliphatic carbocycles. The second kappa shape index (κ2) is 9.31. The number of methoxy groups -OCH3 is 1. The third-order valence-corrected chi connectivity index (χ3v) is 3.76. The molecule has 0 unspecified atom stereocenters. The largest absolute Gasteiger partial charge is 0.497 e. The minimum absolute atomic E-state index is 0.271. The van der Waals surface area contributed by atoms with Crippen molar-refractivity contribution in [2.45, 2.75) is 13.0 Å². The summed E-state index contributed by atoms with van der Waals surface area (Å²) in [5.74, 6) is -0.289. The Hall–Kier alpha value is -2.44. The van der Waals surface area contributed by atoms with Gasteiger partial charge in [0.25, 0.3) is 5.91 Å². The van der Waals surface area contributed by atoms with Crippen LogP contribution >= 0.6 is 23.2 Å². The Labute approximate surface area is 160 Å². The molecule has 6 nitrogen and oxygen atoms in total. The molecule has 8 heteroatoms. The van der Waals surface area contributed by atoms with Crippen molar-refractivity contribution in [3.05, 3.63) is 52.5 Å². The lowest BCUT2D eigenvalue weighted by molar-refractivity contribution is -0.153. The highest BCUT2D eigenvalue weighted by atomic mass is 35.5. The Bertz CT molecular complexity index is 797. The summed E-state index contributed by atoms with van der Waals surface area (Å²) in [6, 6.07) is 11.4. The molecule has 26 heavy (non-hydrogen) atoms. The number of hydrogen-bond donors (Lipinski definition) is 1. The molecular formula is C18H17Cl2NO5. The summed E-state index contributed by atoms with van der Waals surface area (Å²) >= 11 is 11.8. The lowest BCUT2D eigenvalue weighted by atomic mass is 10.3. The van der Waals surface area contributed by atoms with Crippen LogP contribution in [0.15, 0.2) is 42.5 Å². The number of amides is 1. The highest BCUT2D eigenvalue weighted by Crippen LogP contribution is 2.28. The first-order valence-corrected chi connectivity index (χ1v) is 8.37. The number of esters is 1. The minimum atomic E-state index is -0.946. The number of carbonyl (C=O) groups is 2. The smallest absolute Gasteiger partial charge is 0.347 e. The van der Waals surface area contributed by atoms with Crippen molar-refractivity contribution in [3.63, 3.8) is 0 Å². The summed E-state index contributed by atoms with van der Waals surface area (Å²) in [5.41, 5.74) is 0.530. The van der Waals surface area contributed by atoms with E-state index in [0.29, 0.717) is 22.2 Å². The van der Waals surface area contributed by atoms with Gasteiger partial charge in [-0.1, -0.05) is 29.3 Å². The molecule has 0 aromatic heterocycles. The Morgan fingerprint density at radius 1 is 1.15 bits per heavy atom. The van der Waals surface area contributed by atoms with Crippen molar-refractivity contribution in [2.24, 2.45) is 0 Å². The van der Waals surface area contributed by atoms with Crippen LogP contribution in [0.1, 0.15) is 6.92 Å². The standard InChI is InChI=1S/C18H17Cl2NO5/c1-11(26-16-7-6-12(19)8-15(16)20)18(23)25-10-17(22)21-13-4-3-5-14(9-13)24-2/h3-9,11H,10H2,1-2H3,(H,21,22)/t11-/m1/s1. The molecule has 0 fully saturated rings. The summed E-state index contributed by atoms with van der Waals surface area (Å²) in [4.78, 5) is 23.8. The molecule has 0 saturated carbocycles. The maximum Gasteiger partial charge on any atom is 0.347 e. The summed E-state index contributed by atoms with van der Waals surface area (Å²) in [5, 5.41) is 3.33. The van der Waals surface area contributed by atoms with Crippen molar-refractivity contribution in [1.29, 1.82) is 0 Å². The predicted molar refractivity (Wildman–Crippen MR) is 99.1 cm³/mol. The Balaban J connectivity index is 1.83. The van der Waals surface area contributed by atoms with Gasteiger partial charge in [0.15, 0.2) is 12.7 Å². The lowest BCUT2D eigenvalue weighted by Crippen LogP contribution is -2.29. The molecule has 2 rings (SSSR count). The fourth-order valence-electron chi connectivity index (χ4n) is 1.96. The third-order valence-electron chi connectivity index (χ3n) is 3.23. The lowest BCUT2D eigenvalue weighted by Gasteiger charge is -2.15. The molecule has 2 aromatic carbocycles. The van der Waals surface area contributed by atoms with E-state index >= 15 is 0 Å². The van der Waals surface area contributed by atoms with Gasteiger partial charge in [0.1, 0.15) is 11.5 Å². The molecule has 0 aliphatic heterocycles. The van der Waals surface area contributed by atoms with Crippen molar-refractivity contribution < 1.29 is 23.8 Å². The first-order chi connectivity index (χ1) is 12.4. The fourth-order valence-corrected chi connectivity index (χ4v) is 2.41. The van der Waals surface area contributed by atoms with E-state index in [1.807, 2.05) is 0 Å². The SMILES string of the molecule is COc1cccc(NC(=O)COC(=O)[C@@H](C)Oc2ccc(Cl)cc2Cl)c1. The molecular weight excluding hydrogens is 381 g/mol. The highest BCUT2D eigenvalue weighted by molar-refractivity contribution is 6.35. The van der Waals surface area contributed by atoms with Crippen LogP contribution in [0.3, 0.4) is 0 Å². The minimum Gasteiger partial charge on any atom is -0.497 e. The molecule has 2 aromatic rings. The van der Waals surface area contributed by atoms with Gasteiger partial charge in [0.05, 0.1) is 12.1 Å². The Kier molecular flexibility index (Phi) is 7.12. The molecule has 1 N–H and O–H groups in total. The van der Waals surface area contributed by atoms with Crippen LogP contribution < -0.4 is 14.8 Å². The number of nitrogens with one attached hydrogen (secondary N) is 1. The third kappa shape index (κ3) is 5.82. The molecule has 1 atom stereocenters. The summed E-state index contributed by atoms with van der Waals surface area (Å²) in [7, 11) is 1.52. The second-order valence-corrected chi connectivity index (χ2v) is 6.07. The van der Waals surface area contributed by atoms with E-state index in [-0.39, 0.29) is 5.02 Å². The van der Waals surface area contributed by atoms with Crippen LogP contribution in [0.2, 0.25) is 10.0 Å². The van der Waals surface area contributed by atoms with E-state index in [1.54, 1.807) is 36.4 Å². The van der Waals surface area contributed by atoms with Gasteiger partial charge in [-0.05, 0) is 37.3 Å². The van der Waals surface area contributed by atoms with Gasteiger partial charge in [-0.3, -0.25) is 4.79 Å². The van der Waals surface area contributed by atoms with E-state index in [4.69, 9.17) is 37.4 Å². The van der Waals surface area contributed by atoms with Crippen molar-refractivity contribution in [1.82, 2.24) is 0 Å². The number of anilines is 1. The van der Waals surface area contributed by atoms with Gasteiger partial charge in [0.2, 0.25) is 0 Å². The zero-order valence-corrected chi connectivity index (χ0v) is 15.6. The van der Waals surface area contributed by atoms with Crippen LogP contribution in [0.5, 0.6) is 11.5 Å². The van der Waals surface area contributed by atoms with E-state index < -0.39 is 24.6 Å². The van der Waals surface area contributed by atoms with Gasteiger partial charge in [-0.2, -0.15) is 0 Å². The number of carbonyl (C=O) groups excluding carboxylic acids is 2. The summed E-state index contributed by atoms with van der Waals surface area (Å²) in [6.07, 6.45) is -0.946. The van der Waals surface area contributed by atoms with Crippen LogP contribution in [0.4, 0.5) is 5.69 Å². The quantitative estimate of drug-likeness (QED) is 0.715. The second-order valence-electron chi connectivity index (χ2n) is 5.22. The first kappa shape index (κ1) is 19.9. The van der Waals surface area contributed by atoms with Crippen molar-refractivity contribution >= 4 is 40.8 Å². The van der Waals surface area contributed by atoms with Crippen LogP contribution in [0, 0.1) is 0 Å². The van der Waals surface area contributed by atoms with Gasteiger partial charge in [0, 0.05) is 16.8 Å². The highest BCUT2D eigenvalue weighted by Gasteiger charge is 2.19. The Morgan fingerprint density at radius 2 is 1.92 bits per heavy atom. The van der Waals surface area contributed by atoms with Gasteiger partial charge >= 0.3 is 5.97 Å². The average Bonchev–Trinajstić information content (AvgIpc) is 2.62. The molecule has 1 amide bonds. The van der Waals surface area contributed by atoms with Gasteiger partial charge in [-0.25, -0.2) is 4.79 Å². The zero-order valence-electron chi connectivity index (χ0n) is 14.1. The number of halogens is 2. The normalized spacial score (nSPS) is 11.4. The predicted octanol–water partition coefficient (Wildman–Crippen LogP) is 3.95. The molecule has 0 aliphatic rings. The number of rotatable bonds is 7. The monoisotopic (exact) mass is 397 g/mol. The Morgan fingerprint density at radius 3 is 2.62 bits per heavy atom. The number of hydrogen-bond acceptors (Lipinski definition) is 5. The molecule has 0 spiro atoms. The van der Waals surface area contributed by atoms with Gasteiger partial charge in [-0.15, -0.1) is 0 Å². The van der Waals surface area contributed by atoms with Crippen LogP contribution in [-0.2, 0) is 14.3 Å². The topological polar surface area (TPSA) is 73.9 Å². The van der Waals surface area contributed by atoms with Crippen LogP contribution in [-0.4, -0.2) is 31.7 Å². The summed E-state index contributed by atoms with van der Waals surface area (Å²) < 4.78 is 15.5. The van der Waals surface area contributed by atoms with Gasteiger partial charge < -0.3 is 19.5 Å². The number of benzene rings is 2. The maximum absolute atomic E-state index is 12.0. The van der Waals surface area contributed by atoms with E-state index in [1.165, 1.54) is 20.1 Å². The fraction of sp³-hybridized carbons (Fsp3) is 0.222. The molecule has 0 saturated heterocycles. The van der Waals surface area contributed by atoms with E-state index in [9.17, 15) is 9.59 Å². The number of ether oxygens (including phenoxy) is 3. The van der Waals surface area contributed by atoms with Crippen molar-refractivity contribution in [3.8, 4) is 11.5 Å².